The molecule has 2 aromatic carbocycles. The number of ether oxygens (including phenoxy) is 1. The maximum Gasteiger partial charge on any atom is 0.229 e. The van der Waals surface area contributed by atoms with Gasteiger partial charge in [-0.05, 0) is 52.0 Å². The van der Waals surface area contributed by atoms with Crippen LogP contribution in [0.5, 0.6) is 11.6 Å². The summed E-state index contributed by atoms with van der Waals surface area (Å²) in [6, 6.07) is 10.1. The molecule has 0 amide bonds. The number of sulfone groups is 1. The normalized spacial score (nSPS) is 11.9. The lowest BCUT2D eigenvalue weighted by atomic mass is 10.2. The molecule has 2 aromatic heterocycles. The summed E-state index contributed by atoms with van der Waals surface area (Å²) >= 11 is 6.36. The number of aromatic hydroxyl groups is 1. The number of halogens is 1. The van der Waals surface area contributed by atoms with Gasteiger partial charge in [0, 0.05) is 23.5 Å². The SMILES string of the molecule is CC(C)Oc1cc2cn(CCO)c(O)c2cc1Nc1ncc(Cl)c(Nc2ccccc2S(=O)(=O)C(C)C)n1. The van der Waals surface area contributed by atoms with Gasteiger partial charge in [0.1, 0.15) is 10.8 Å². The van der Waals surface area contributed by atoms with Gasteiger partial charge in [-0.15, -0.1) is 0 Å². The first kappa shape index (κ1) is 27.5. The van der Waals surface area contributed by atoms with E-state index in [-0.39, 0.29) is 46.8 Å². The second-order valence-electron chi connectivity index (χ2n) is 9.20. The van der Waals surface area contributed by atoms with Gasteiger partial charge in [-0.1, -0.05) is 23.7 Å². The Kier molecular flexibility index (Phi) is 8.00. The molecule has 0 spiro atoms. The molecule has 12 heteroatoms. The Hall–Kier alpha value is -3.54. The first-order chi connectivity index (χ1) is 18.0. The van der Waals surface area contributed by atoms with Gasteiger partial charge in [-0.3, -0.25) is 0 Å². The van der Waals surface area contributed by atoms with Crippen molar-refractivity contribution in [3.8, 4) is 11.6 Å². The highest BCUT2D eigenvalue weighted by molar-refractivity contribution is 7.92. The smallest absolute Gasteiger partial charge is 0.229 e. The lowest BCUT2D eigenvalue weighted by molar-refractivity contribution is 0.244. The van der Waals surface area contributed by atoms with E-state index in [0.717, 1.165) is 5.39 Å². The van der Waals surface area contributed by atoms with Gasteiger partial charge in [0.2, 0.25) is 5.95 Å². The first-order valence-electron chi connectivity index (χ1n) is 12.0. The fraction of sp³-hybridized carbons (Fsp3) is 0.308. The summed E-state index contributed by atoms with van der Waals surface area (Å²) in [7, 11) is -3.57. The Morgan fingerprint density at radius 1 is 1.11 bits per heavy atom. The van der Waals surface area contributed by atoms with Gasteiger partial charge in [0.15, 0.2) is 21.5 Å². The number of aromatic nitrogens is 3. The van der Waals surface area contributed by atoms with Gasteiger partial charge in [-0.2, -0.15) is 4.98 Å². The number of benzene rings is 2. The Labute approximate surface area is 226 Å². The molecule has 0 saturated heterocycles. The Morgan fingerprint density at radius 3 is 2.53 bits per heavy atom. The number of anilines is 4. The van der Waals surface area contributed by atoms with E-state index in [2.05, 4.69) is 20.6 Å². The topological polar surface area (TPSA) is 139 Å². The van der Waals surface area contributed by atoms with Gasteiger partial charge in [0.05, 0.1) is 40.4 Å². The van der Waals surface area contributed by atoms with Crippen molar-refractivity contribution in [2.75, 3.05) is 17.2 Å². The molecule has 4 aromatic rings. The van der Waals surface area contributed by atoms with E-state index in [4.69, 9.17) is 16.3 Å². The largest absolute Gasteiger partial charge is 0.494 e. The molecule has 0 atom stereocenters. The minimum atomic E-state index is -3.57. The monoisotopic (exact) mass is 559 g/mol. The van der Waals surface area contributed by atoms with E-state index >= 15 is 0 Å². The number of nitrogens with one attached hydrogen (secondary N) is 2. The maximum atomic E-state index is 12.9. The molecule has 10 nitrogen and oxygen atoms in total. The quantitative estimate of drug-likeness (QED) is 0.205. The van der Waals surface area contributed by atoms with E-state index < -0.39 is 15.1 Å². The fourth-order valence-electron chi connectivity index (χ4n) is 3.84. The standard InChI is InChI=1S/C26H30ClN5O5S/c1-15(2)37-22-11-17-14-32(9-10-33)25(34)18(17)12-21(22)30-26-28-13-19(27)24(31-26)29-20-7-5-6-8-23(20)38(35,36)16(3)4/h5-8,11-16,33-34H,9-10H2,1-4H3,(H2,28,29,30,31). The highest BCUT2D eigenvalue weighted by atomic mass is 35.5. The summed E-state index contributed by atoms with van der Waals surface area (Å²) in [6.45, 7) is 7.15. The molecule has 38 heavy (non-hydrogen) atoms. The zero-order chi connectivity index (χ0) is 27.6. The van der Waals surface area contributed by atoms with Crippen LogP contribution in [-0.2, 0) is 16.4 Å². The number of fused-ring (bicyclic) bond motifs is 1. The zero-order valence-electron chi connectivity index (χ0n) is 21.4. The Bertz CT molecular complexity index is 1570. The molecule has 0 unspecified atom stereocenters. The van der Waals surface area contributed by atoms with E-state index in [1.54, 1.807) is 54.9 Å². The van der Waals surface area contributed by atoms with Crippen LogP contribution in [0.25, 0.3) is 10.8 Å². The molecule has 0 bridgehead atoms. The Morgan fingerprint density at radius 2 is 1.84 bits per heavy atom. The fourth-order valence-corrected chi connectivity index (χ4v) is 5.18. The van der Waals surface area contributed by atoms with E-state index in [0.29, 0.717) is 22.5 Å². The molecular formula is C26H30ClN5O5S. The molecule has 0 aliphatic rings. The van der Waals surface area contributed by atoms with Crippen molar-refractivity contribution in [1.82, 2.24) is 14.5 Å². The third-order valence-corrected chi connectivity index (χ3v) is 8.21. The van der Waals surface area contributed by atoms with Gasteiger partial charge < -0.3 is 30.2 Å². The van der Waals surface area contributed by atoms with Crippen molar-refractivity contribution in [2.24, 2.45) is 0 Å². The van der Waals surface area contributed by atoms with Crippen LogP contribution in [0, 0.1) is 0 Å². The predicted molar refractivity (Wildman–Crippen MR) is 149 cm³/mol. The van der Waals surface area contributed by atoms with Crippen LogP contribution in [0.3, 0.4) is 0 Å². The van der Waals surface area contributed by atoms with Gasteiger partial charge >= 0.3 is 0 Å². The van der Waals surface area contributed by atoms with Crippen LogP contribution in [0.15, 0.2) is 53.7 Å². The molecule has 0 radical (unpaired) electrons. The van der Waals surface area contributed by atoms with E-state index in [1.807, 2.05) is 13.8 Å². The molecule has 4 N–H and O–H groups in total. The van der Waals surface area contributed by atoms with Crippen molar-refractivity contribution in [3.63, 3.8) is 0 Å². The number of aliphatic hydroxyl groups is 1. The molecule has 4 rings (SSSR count). The molecule has 0 aliphatic heterocycles. The number of para-hydroxylation sites is 1. The van der Waals surface area contributed by atoms with Crippen molar-refractivity contribution in [3.05, 3.63) is 53.8 Å². The predicted octanol–water partition coefficient (Wildman–Crippen LogP) is 5.24. The van der Waals surface area contributed by atoms with Crippen LogP contribution in [0.1, 0.15) is 27.7 Å². The van der Waals surface area contributed by atoms with Gasteiger partial charge in [0.25, 0.3) is 0 Å². The zero-order valence-corrected chi connectivity index (χ0v) is 23.0. The highest BCUT2D eigenvalue weighted by Gasteiger charge is 2.23. The minimum absolute atomic E-state index is 0.00976. The number of nitrogens with zero attached hydrogens (tertiary/aromatic N) is 3. The van der Waals surface area contributed by atoms with Crippen LogP contribution < -0.4 is 15.4 Å². The number of hydrogen-bond acceptors (Lipinski definition) is 9. The van der Waals surface area contributed by atoms with E-state index in [9.17, 15) is 18.6 Å². The number of hydrogen-bond donors (Lipinski definition) is 4. The average Bonchev–Trinajstić information content (AvgIpc) is 3.15. The third kappa shape index (κ3) is 5.64. The van der Waals surface area contributed by atoms with Crippen LogP contribution in [-0.4, -0.2) is 51.1 Å². The molecule has 0 fully saturated rings. The third-order valence-electron chi connectivity index (χ3n) is 5.72. The summed E-state index contributed by atoms with van der Waals surface area (Å²) in [6.07, 6.45) is 3.00. The lowest BCUT2D eigenvalue weighted by Gasteiger charge is -2.17. The summed E-state index contributed by atoms with van der Waals surface area (Å²) in [5, 5.41) is 27.0. The summed E-state index contributed by atoms with van der Waals surface area (Å²) in [5.41, 5.74) is 0.840. The van der Waals surface area contributed by atoms with Crippen LogP contribution in [0.2, 0.25) is 5.02 Å². The highest BCUT2D eigenvalue weighted by Crippen LogP contribution is 2.38. The maximum absolute atomic E-state index is 12.9. The van der Waals surface area contributed by atoms with Crippen molar-refractivity contribution in [1.29, 1.82) is 0 Å². The molecule has 2 heterocycles. The lowest BCUT2D eigenvalue weighted by Crippen LogP contribution is -2.15. The minimum Gasteiger partial charge on any atom is -0.494 e. The Balaban J connectivity index is 1.72. The van der Waals surface area contributed by atoms with Crippen molar-refractivity contribution in [2.45, 2.75) is 50.5 Å². The van der Waals surface area contributed by atoms with Crippen LogP contribution >= 0.6 is 11.6 Å². The molecule has 0 saturated carbocycles. The number of aliphatic hydroxyl groups excluding tert-OH is 1. The number of rotatable bonds is 10. The average molecular weight is 560 g/mol. The first-order valence-corrected chi connectivity index (χ1v) is 14.0. The molecule has 202 valence electrons. The second kappa shape index (κ2) is 11.1. The molecular weight excluding hydrogens is 530 g/mol. The molecule has 0 aliphatic carbocycles. The van der Waals surface area contributed by atoms with Gasteiger partial charge in [-0.25, -0.2) is 13.4 Å². The summed E-state index contributed by atoms with van der Waals surface area (Å²) in [4.78, 5) is 8.87. The van der Waals surface area contributed by atoms with Crippen molar-refractivity contribution >= 4 is 55.4 Å². The van der Waals surface area contributed by atoms with E-state index in [1.165, 1.54) is 12.3 Å². The summed E-state index contributed by atoms with van der Waals surface area (Å²) < 4.78 is 33.3. The second-order valence-corrected chi connectivity index (χ2v) is 12.1. The van der Waals surface area contributed by atoms with Crippen LogP contribution in [0.4, 0.5) is 23.1 Å². The van der Waals surface area contributed by atoms with Crippen molar-refractivity contribution < 1.29 is 23.4 Å². The summed E-state index contributed by atoms with van der Waals surface area (Å²) in [5.74, 6) is 0.897.